The van der Waals surface area contributed by atoms with Crippen molar-refractivity contribution >= 4 is 34.7 Å². The molecule has 0 saturated carbocycles. The van der Waals surface area contributed by atoms with Crippen LogP contribution in [0.15, 0.2) is 29.2 Å². The number of hydrogen-bond donors (Lipinski definition) is 1. The molecule has 2 rings (SSSR count). The standard InChI is InChI=1S/C15H19ClN2S2/c1-10(2)17-8-14-11(3)18-15(20-14)9-19-13-7-5-4-6-12(13)16/h4-7,10,17H,8-9H2,1-3H3. The second-order valence-electron chi connectivity index (χ2n) is 4.87. The second-order valence-corrected chi connectivity index (χ2v) is 7.46. The van der Waals surface area contributed by atoms with Gasteiger partial charge in [-0.05, 0) is 19.1 Å². The van der Waals surface area contributed by atoms with Crippen molar-refractivity contribution in [1.29, 1.82) is 0 Å². The van der Waals surface area contributed by atoms with E-state index in [-0.39, 0.29) is 0 Å². The first-order valence-corrected chi connectivity index (χ1v) is 8.80. The minimum atomic E-state index is 0.498. The number of hydrogen-bond acceptors (Lipinski definition) is 4. The van der Waals surface area contributed by atoms with Crippen LogP contribution < -0.4 is 5.32 Å². The molecule has 1 N–H and O–H groups in total. The molecule has 0 unspecified atom stereocenters. The molecule has 0 amide bonds. The van der Waals surface area contributed by atoms with Crippen LogP contribution in [0.4, 0.5) is 0 Å². The number of rotatable bonds is 6. The fraction of sp³-hybridized carbons (Fsp3) is 0.400. The molecular weight excluding hydrogens is 308 g/mol. The Kier molecular flexibility index (Phi) is 5.90. The maximum absolute atomic E-state index is 6.16. The molecule has 1 aromatic heterocycles. The van der Waals surface area contributed by atoms with Gasteiger partial charge in [0.05, 0.1) is 16.5 Å². The van der Waals surface area contributed by atoms with Gasteiger partial charge in [0.1, 0.15) is 5.01 Å². The van der Waals surface area contributed by atoms with Crippen molar-refractivity contribution < 1.29 is 0 Å². The SMILES string of the molecule is Cc1nc(CSc2ccccc2Cl)sc1CNC(C)C. The van der Waals surface area contributed by atoms with Gasteiger partial charge in [-0.25, -0.2) is 4.98 Å². The minimum Gasteiger partial charge on any atom is -0.310 e. The Morgan fingerprint density at radius 1 is 1.35 bits per heavy atom. The number of thioether (sulfide) groups is 1. The zero-order valence-electron chi connectivity index (χ0n) is 11.9. The van der Waals surface area contributed by atoms with E-state index in [1.54, 1.807) is 23.1 Å². The first-order chi connectivity index (χ1) is 9.56. The number of thiazole rings is 1. The molecule has 1 aromatic carbocycles. The smallest absolute Gasteiger partial charge is 0.103 e. The van der Waals surface area contributed by atoms with Gasteiger partial charge in [-0.1, -0.05) is 37.6 Å². The van der Waals surface area contributed by atoms with E-state index < -0.39 is 0 Å². The van der Waals surface area contributed by atoms with Crippen LogP contribution in [0.25, 0.3) is 0 Å². The quantitative estimate of drug-likeness (QED) is 0.765. The Hall–Kier alpha value is -0.550. The number of nitrogens with one attached hydrogen (secondary N) is 1. The summed E-state index contributed by atoms with van der Waals surface area (Å²) in [6.07, 6.45) is 0. The maximum atomic E-state index is 6.16. The molecule has 0 spiro atoms. The molecule has 108 valence electrons. The number of benzene rings is 1. The molecular formula is C15H19ClN2S2. The van der Waals surface area contributed by atoms with Gasteiger partial charge in [-0.15, -0.1) is 23.1 Å². The predicted molar refractivity (Wildman–Crippen MR) is 89.8 cm³/mol. The van der Waals surface area contributed by atoms with Crippen LogP contribution in [0.1, 0.15) is 29.4 Å². The Bertz CT molecular complexity index is 567. The first kappa shape index (κ1) is 15.8. The van der Waals surface area contributed by atoms with Crippen molar-refractivity contribution in [3.63, 3.8) is 0 Å². The highest BCUT2D eigenvalue weighted by Crippen LogP contribution is 2.31. The van der Waals surface area contributed by atoms with Gasteiger partial charge in [0, 0.05) is 22.4 Å². The molecule has 0 fully saturated rings. The van der Waals surface area contributed by atoms with Gasteiger partial charge >= 0.3 is 0 Å². The zero-order valence-corrected chi connectivity index (χ0v) is 14.3. The molecule has 20 heavy (non-hydrogen) atoms. The van der Waals surface area contributed by atoms with E-state index in [1.165, 1.54) is 4.88 Å². The van der Waals surface area contributed by atoms with Gasteiger partial charge < -0.3 is 5.32 Å². The van der Waals surface area contributed by atoms with E-state index in [0.717, 1.165) is 32.9 Å². The topological polar surface area (TPSA) is 24.9 Å². The summed E-state index contributed by atoms with van der Waals surface area (Å²) in [6, 6.07) is 8.44. The first-order valence-electron chi connectivity index (χ1n) is 6.62. The average molecular weight is 327 g/mol. The minimum absolute atomic E-state index is 0.498. The lowest BCUT2D eigenvalue weighted by Gasteiger charge is -2.05. The van der Waals surface area contributed by atoms with E-state index in [4.69, 9.17) is 11.6 Å². The fourth-order valence-corrected chi connectivity index (χ4v) is 3.96. The van der Waals surface area contributed by atoms with Crippen LogP contribution in [0.3, 0.4) is 0 Å². The van der Waals surface area contributed by atoms with Crippen molar-refractivity contribution in [2.75, 3.05) is 0 Å². The highest BCUT2D eigenvalue weighted by molar-refractivity contribution is 7.98. The van der Waals surface area contributed by atoms with Crippen LogP contribution in [0.5, 0.6) is 0 Å². The fourth-order valence-electron chi connectivity index (χ4n) is 1.71. The summed E-state index contributed by atoms with van der Waals surface area (Å²) < 4.78 is 0. The number of aromatic nitrogens is 1. The third-order valence-electron chi connectivity index (χ3n) is 2.80. The molecule has 0 aliphatic heterocycles. The largest absolute Gasteiger partial charge is 0.310 e. The van der Waals surface area contributed by atoms with E-state index >= 15 is 0 Å². The summed E-state index contributed by atoms with van der Waals surface area (Å²) in [5, 5.41) is 5.41. The Labute approximate surface area is 134 Å². The molecule has 2 aromatic rings. The molecule has 0 aliphatic carbocycles. The lowest BCUT2D eigenvalue weighted by atomic mass is 10.3. The summed E-state index contributed by atoms with van der Waals surface area (Å²) in [7, 11) is 0. The van der Waals surface area contributed by atoms with Gasteiger partial charge in [0.25, 0.3) is 0 Å². The number of aryl methyl sites for hydroxylation is 1. The molecule has 0 aliphatic rings. The van der Waals surface area contributed by atoms with Crippen molar-refractivity contribution in [2.45, 2.75) is 44.0 Å². The highest BCUT2D eigenvalue weighted by Gasteiger charge is 2.09. The average Bonchev–Trinajstić information content (AvgIpc) is 2.76. The normalized spacial score (nSPS) is 11.2. The number of nitrogens with zero attached hydrogens (tertiary/aromatic N) is 1. The third-order valence-corrected chi connectivity index (χ3v) is 5.66. The second kappa shape index (κ2) is 7.46. The van der Waals surface area contributed by atoms with Crippen LogP contribution in [-0.4, -0.2) is 11.0 Å². The Morgan fingerprint density at radius 3 is 2.80 bits per heavy atom. The van der Waals surface area contributed by atoms with Crippen molar-refractivity contribution in [2.24, 2.45) is 0 Å². The maximum Gasteiger partial charge on any atom is 0.103 e. The zero-order chi connectivity index (χ0) is 14.5. The van der Waals surface area contributed by atoms with Crippen LogP contribution in [0, 0.1) is 6.92 Å². The predicted octanol–water partition coefficient (Wildman–Crippen LogP) is 4.90. The number of halogens is 1. The van der Waals surface area contributed by atoms with Gasteiger partial charge in [-0.3, -0.25) is 0 Å². The van der Waals surface area contributed by atoms with Crippen LogP contribution >= 0.6 is 34.7 Å². The van der Waals surface area contributed by atoms with Gasteiger partial charge in [0.15, 0.2) is 0 Å². The Morgan fingerprint density at radius 2 is 2.10 bits per heavy atom. The van der Waals surface area contributed by atoms with E-state index in [0.29, 0.717) is 6.04 Å². The summed E-state index contributed by atoms with van der Waals surface area (Å²) in [6.45, 7) is 7.30. The summed E-state index contributed by atoms with van der Waals surface area (Å²) >= 11 is 9.69. The molecule has 0 bridgehead atoms. The lowest BCUT2D eigenvalue weighted by molar-refractivity contribution is 0.591. The highest BCUT2D eigenvalue weighted by atomic mass is 35.5. The summed E-state index contributed by atoms with van der Waals surface area (Å²) in [5.74, 6) is 0.872. The van der Waals surface area contributed by atoms with Crippen molar-refractivity contribution in [3.8, 4) is 0 Å². The monoisotopic (exact) mass is 326 g/mol. The molecule has 5 heteroatoms. The van der Waals surface area contributed by atoms with E-state index in [1.807, 2.05) is 18.2 Å². The molecule has 2 nitrogen and oxygen atoms in total. The van der Waals surface area contributed by atoms with Crippen LogP contribution in [-0.2, 0) is 12.3 Å². The molecule has 0 atom stereocenters. The summed E-state index contributed by atoms with van der Waals surface area (Å²) in [5.41, 5.74) is 1.14. The van der Waals surface area contributed by atoms with Crippen LogP contribution in [0.2, 0.25) is 5.02 Å². The van der Waals surface area contributed by atoms with Gasteiger partial charge in [0.2, 0.25) is 0 Å². The third kappa shape index (κ3) is 4.48. The van der Waals surface area contributed by atoms with Crippen molar-refractivity contribution in [3.05, 3.63) is 44.9 Å². The molecule has 0 saturated heterocycles. The summed E-state index contributed by atoms with van der Waals surface area (Å²) in [4.78, 5) is 7.09. The molecule has 0 radical (unpaired) electrons. The lowest BCUT2D eigenvalue weighted by Crippen LogP contribution is -2.21. The van der Waals surface area contributed by atoms with Gasteiger partial charge in [-0.2, -0.15) is 0 Å². The van der Waals surface area contributed by atoms with Crippen molar-refractivity contribution in [1.82, 2.24) is 10.3 Å². The van der Waals surface area contributed by atoms with E-state index in [9.17, 15) is 0 Å². The Balaban J connectivity index is 1.97. The van der Waals surface area contributed by atoms with E-state index in [2.05, 4.69) is 37.1 Å². The molecule has 1 heterocycles.